The van der Waals surface area contributed by atoms with Gasteiger partial charge in [-0.1, -0.05) is 47.0 Å². The van der Waals surface area contributed by atoms with Gasteiger partial charge < -0.3 is 4.90 Å². The molecule has 172 valence electrons. The van der Waals surface area contributed by atoms with Gasteiger partial charge in [0.2, 0.25) is 11.8 Å². The van der Waals surface area contributed by atoms with Gasteiger partial charge in [0, 0.05) is 16.6 Å². The van der Waals surface area contributed by atoms with E-state index in [-0.39, 0.29) is 30.6 Å². The van der Waals surface area contributed by atoms with E-state index in [1.165, 1.54) is 16.9 Å². The van der Waals surface area contributed by atoms with Gasteiger partial charge in [-0.05, 0) is 74.1 Å². The number of carbonyl (C=O) groups excluding carboxylic acids is 3. The van der Waals surface area contributed by atoms with E-state index in [4.69, 9.17) is 23.2 Å². The Labute approximate surface area is 204 Å². The fourth-order valence-corrected chi connectivity index (χ4v) is 4.70. The summed E-state index contributed by atoms with van der Waals surface area (Å²) in [6.07, 6.45) is 7.50. The van der Waals surface area contributed by atoms with E-state index in [0.717, 1.165) is 24.8 Å². The maximum absolute atomic E-state index is 13.4. The second-order valence-corrected chi connectivity index (χ2v) is 9.39. The lowest BCUT2D eigenvalue weighted by Crippen LogP contribution is -2.46. The Morgan fingerprint density at radius 2 is 1.64 bits per heavy atom. The number of allylic oxidation sites excluding steroid dienone is 1. The minimum atomic E-state index is -0.808. The van der Waals surface area contributed by atoms with Gasteiger partial charge in [-0.25, -0.2) is 4.90 Å². The molecule has 0 radical (unpaired) electrons. The third kappa shape index (κ3) is 5.66. The summed E-state index contributed by atoms with van der Waals surface area (Å²) >= 11 is 11.9. The van der Waals surface area contributed by atoms with Gasteiger partial charge in [0.25, 0.3) is 5.91 Å². The van der Waals surface area contributed by atoms with Crippen molar-refractivity contribution in [2.75, 3.05) is 11.4 Å². The maximum Gasteiger partial charge on any atom is 0.257 e. The number of hydrogen-bond donors (Lipinski definition) is 0. The average Bonchev–Trinajstić information content (AvgIpc) is 3.10. The first kappa shape index (κ1) is 23.5. The van der Waals surface area contributed by atoms with E-state index in [1.54, 1.807) is 41.3 Å². The lowest BCUT2D eigenvalue weighted by Gasteiger charge is -2.29. The topological polar surface area (TPSA) is 57.7 Å². The zero-order chi connectivity index (χ0) is 23.4. The summed E-state index contributed by atoms with van der Waals surface area (Å²) in [5.41, 5.74) is 2.60. The molecule has 2 aromatic carbocycles. The summed E-state index contributed by atoms with van der Waals surface area (Å²) in [6.45, 7) is 0.413. The monoisotopic (exact) mass is 484 g/mol. The second-order valence-electron chi connectivity index (χ2n) is 8.51. The van der Waals surface area contributed by atoms with Crippen molar-refractivity contribution in [1.82, 2.24) is 4.90 Å². The highest BCUT2D eigenvalue weighted by Crippen LogP contribution is 2.28. The van der Waals surface area contributed by atoms with Crippen molar-refractivity contribution in [2.24, 2.45) is 0 Å². The summed E-state index contributed by atoms with van der Waals surface area (Å²) < 4.78 is 0. The lowest BCUT2D eigenvalue weighted by atomic mass is 9.96. The van der Waals surface area contributed by atoms with Crippen LogP contribution in [0.3, 0.4) is 0 Å². The Kier molecular flexibility index (Phi) is 7.51. The van der Waals surface area contributed by atoms with Crippen LogP contribution in [0.1, 0.15) is 44.1 Å². The first-order valence-corrected chi connectivity index (χ1v) is 12.0. The van der Waals surface area contributed by atoms with Crippen LogP contribution in [0.2, 0.25) is 10.0 Å². The molecule has 2 aromatic rings. The van der Waals surface area contributed by atoms with Crippen LogP contribution in [0.25, 0.3) is 0 Å². The summed E-state index contributed by atoms with van der Waals surface area (Å²) in [6, 6.07) is 12.9. The highest BCUT2D eigenvalue weighted by Gasteiger charge is 2.44. The normalized spacial score (nSPS) is 18.4. The predicted molar refractivity (Wildman–Crippen MR) is 130 cm³/mol. The zero-order valence-corrected chi connectivity index (χ0v) is 19.8. The van der Waals surface area contributed by atoms with E-state index in [1.807, 2.05) is 12.1 Å². The van der Waals surface area contributed by atoms with Crippen LogP contribution in [-0.4, -0.2) is 35.2 Å². The standard InChI is InChI=1S/C26H26Cl2N2O3/c27-20-8-6-19(7-9-20)16-24(31)29(15-14-18-4-2-1-3-5-18)23-17-25(32)30(26(23)33)22-12-10-21(28)11-13-22/h4,6-13,23H,1-3,5,14-17H2. The van der Waals surface area contributed by atoms with Crippen molar-refractivity contribution < 1.29 is 14.4 Å². The first-order valence-electron chi connectivity index (χ1n) is 11.3. The number of hydrogen-bond acceptors (Lipinski definition) is 3. The molecule has 1 aliphatic carbocycles. The van der Waals surface area contributed by atoms with Crippen LogP contribution >= 0.6 is 23.2 Å². The third-order valence-electron chi connectivity index (χ3n) is 6.23. The Balaban J connectivity index is 1.56. The van der Waals surface area contributed by atoms with Crippen molar-refractivity contribution >= 4 is 46.6 Å². The van der Waals surface area contributed by atoms with Gasteiger partial charge >= 0.3 is 0 Å². The number of halogens is 2. The van der Waals surface area contributed by atoms with Crippen LogP contribution in [-0.2, 0) is 20.8 Å². The Morgan fingerprint density at radius 1 is 0.970 bits per heavy atom. The highest BCUT2D eigenvalue weighted by atomic mass is 35.5. The SMILES string of the molecule is O=C1CC(N(CCC2=CCCCC2)C(=O)Cc2ccc(Cl)cc2)C(=O)N1c1ccc(Cl)cc1. The molecule has 1 atom stereocenters. The number of imide groups is 1. The highest BCUT2D eigenvalue weighted by molar-refractivity contribution is 6.31. The molecule has 7 heteroatoms. The van der Waals surface area contributed by atoms with Crippen LogP contribution in [0, 0.1) is 0 Å². The third-order valence-corrected chi connectivity index (χ3v) is 6.74. The summed E-state index contributed by atoms with van der Waals surface area (Å²) in [7, 11) is 0. The van der Waals surface area contributed by atoms with Gasteiger partial charge in [-0.3, -0.25) is 14.4 Å². The Bertz CT molecular complexity index is 1060. The fourth-order valence-electron chi connectivity index (χ4n) is 4.45. The van der Waals surface area contributed by atoms with Gasteiger partial charge in [0.05, 0.1) is 18.5 Å². The molecule has 1 unspecified atom stereocenters. The van der Waals surface area contributed by atoms with Crippen LogP contribution in [0.5, 0.6) is 0 Å². The average molecular weight is 485 g/mol. The molecule has 1 aliphatic heterocycles. The lowest BCUT2D eigenvalue weighted by molar-refractivity contribution is -0.137. The molecule has 2 aliphatic rings. The summed E-state index contributed by atoms with van der Waals surface area (Å²) in [5, 5.41) is 1.12. The second kappa shape index (κ2) is 10.5. The van der Waals surface area contributed by atoms with E-state index < -0.39 is 6.04 Å². The molecule has 0 aromatic heterocycles. The van der Waals surface area contributed by atoms with Crippen molar-refractivity contribution in [3.05, 3.63) is 75.8 Å². The minimum Gasteiger partial charge on any atom is -0.329 e. The number of nitrogens with zero attached hydrogens (tertiary/aromatic N) is 2. The van der Waals surface area contributed by atoms with Crippen LogP contribution in [0.15, 0.2) is 60.2 Å². The van der Waals surface area contributed by atoms with Crippen molar-refractivity contribution in [2.45, 2.75) is 51.0 Å². The quantitative estimate of drug-likeness (QED) is 0.380. The van der Waals surface area contributed by atoms with Crippen molar-refractivity contribution in [1.29, 1.82) is 0 Å². The van der Waals surface area contributed by atoms with E-state index in [9.17, 15) is 14.4 Å². The maximum atomic E-state index is 13.4. The van der Waals surface area contributed by atoms with Gasteiger partial charge in [-0.2, -0.15) is 0 Å². The number of benzene rings is 2. The van der Waals surface area contributed by atoms with E-state index in [2.05, 4.69) is 6.08 Å². The fraction of sp³-hybridized carbons (Fsp3) is 0.346. The molecule has 1 saturated heterocycles. The molecule has 0 spiro atoms. The first-order chi connectivity index (χ1) is 15.9. The van der Waals surface area contributed by atoms with Gasteiger partial charge in [0.15, 0.2) is 0 Å². The van der Waals surface area contributed by atoms with Gasteiger partial charge in [-0.15, -0.1) is 0 Å². The van der Waals surface area contributed by atoms with Crippen LogP contribution < -0.4 is 4.90 Å². The number of anilines is 1. The minimum absolute atomic E-state index is 0.0210. The molecule has 0 N–H and O–H groups in total. The van der Waals surface area contributed by atoms with Crippen molar-refractivity contribution in [3.8, 4) is 0 Å². The van der Waals surface area contributed by atoms with E-state index in [0.29, 0.717) is 28.7 Å². The molecule has 33 heavy (non-hydrogen) atoms. The molecular weight excluding hydrogens is 459 g/mol. The molecule has 0 saturated carbocycles. The number of rotatable bonds is 7. The molecule has 1 heterocycles. The molecule has 5 nitrogen and oxygen atoms in total. The number of carbonyl (C=O) groups is 3. The predicted octanol–water partition coefficient (Wildman–Crippen LogP) is 5.59. The molecule has 3 amide bonds. The summed E-state index contributed by atoms with van der Waals surface area (Å²) in [4.78, 5) is 42.3. The summed E-state index contributed by atoms with van der Waals surface area (Å²) in [5.74, 6) is -0.851. The smallest absolute Gasteiger partial charge is 0.257 e. The van der Waals surface area contributed by atoms with Crippen LogP contribution in [0.4, 0.5) is 5.69 Å². The van der Waals surface area contributed by atoms with Gasteiger partial charge in [0.1, 0.15) is 6.04 Å². The Morgan fingerprint density at radius 3 is 2.27 bits per heavy atom. The molecule has 0 bridgehead atoms. The molecular formula is C26H26Cl2N2O3. The molecule has 1 fully saturated rings. The number of amides is 3. The molecule has 4 rings (SSSR count). The zero-order valence-electron chi connectivity index (χ0n) is 18.3. The largest absolute Gasteiger partial charge is 0.329 e. The Hall–Kier alpha value is -2.63. The van der Waals surface area contributed by atoms with E-state index >= 15 is 0 Å². The van der Waals surface area contributed by atoms with Crippen molar-refractivity contribution in [3.63, 3.8) is 0 Å².